The number of phenols is 1. The van der Waals surface area contributed by atoms with E-state index in [9.17, 15) is 19.5 Å². The average Bonchev–Trinajstić information content (AvgIpc) is 3.68. The number of hydrogen-bond donors (Lipinski definition) is 3. The summed E-state index contributed by atoms with van der Waals surface area (Å²) in [7, 11) is 0. The Bertz CT molecular complexity index is 1070. The summed E-state index contributed by atoms with van der Waals surface area (Å²) in [5.74, 6) is -0.0459. The summed E-state index contributed by atoms with van der Waals surface area (Å²) in [6, 6.07) is 14.0. The van der Waals surface area contributed by atoms with Crippen LogP contribution in [0.5, 0.6) is 5.75 Å². The monoisotopic (exact) mass is 527 g/mol. The van der Waals surface area contributed by atoms with E-state index in [1.807, 2.05) is 36.6 Å². The summed E-state index contributed by atoms with van der Waals surface area (Å²) in [4.78, 5) is 41.8. The zero-order valence-electron chi connectivity index (χ0n) is 21.9. The van der Waals surface area contributed by atoms with Crippen LogP contribution in [0.1, 0.15) is 57.2 Å². The molecule has 0 aromatic heterocycles. The molecule has 8 nitrogen and oxygen atoms in total. The summed E-state index contributed by atoms with van der Waals surface area (Å²) < 4.78 is 5.41. The predicted molar refractivity (Wildman–Crippen MR) is 145 cm³/mol. The number of phenolic OH excluding ortho intramolecular Hbond substituents is 1. The van der Waals surface area contributed by atoms with Crippen molar-refractivity contribution in [2.24, 2.45) is 0 Å². The maximum absolute atomic E-state index is 14.0. The predicted octanol–water partition coefficient (Wildman–Crippen LogP) is 4.39. The van der Waals surface area contributed by atoms with Crippen LogP contribution < -0.4 is 10.6 Å². The highest BCUT2D eigenvalue weighted by molar-refractivity contribution is 7.98. The normalized spacial score (nSPS) is 14.8. The van der Waals surface area contributed by atoms with E-state index in [2.05, 4.69) is 10.6 Å². The van der Waals surface area contributed by atoms with Crippen molar-refractivity contribution >= 4 is 29.7 Å². The summed E-state index contributed by atoms with van der Waals surface area (Å²) in [5.41, 5.74) is 0.723. The highest BCUT2D eigenvalue weighted by Gasteiger charge is 2.44. The number of carbonyl (C=O) groups excluding carboxylic acids is 3. The summed E-state index contributed by atoms with van der Waals surface area (Å²) in [6.45, 7) is 5.58. The number of alkyl carbamates (subject to hydrolysis) is 1. The minimum atomic E-state index is -0.965. The number of benzene rings is 2. The second-order valence-electron chi connectivity index (χ2n) is 10.2. The van der Waals surface area contributed by atoms with Gasteiger partial charge < -0.3 is 25.4 Å². The topological polar surface area (TPSA) is 108 Å². The number of hydrogen-bond acceptors (Lipinski definition) is 6. The molecule has 1 saturated carbocycles. The molecule has 3 N–H and O–H groups in total. The van der Waals surface area contributed by atoms with Crippen molar-refractivity contribution in [1.29, 1.82) is 0 Å². The van der Waals surface area contributed by atoms with Crippen LogP contribution in [-0.2, 0) is 20.9 Å². The van der Waals surface area contributed by atoms with E-state index in [-0.39, 0.29) is 23.6 Å². The molecule has 2 unspecified atom stereocenters. The quantitative estimate of drug-likeness (QED) is 0.400. The van der Waals surface area contributed by atoms with Crippen molar-refractivity contribution < 1.29 is 24.2 Å². The molecule has 0 heterocycles. The van der Waals surface area contributed by atoms with Gasteiger partial charge in [-0.2, -0.15) is 11.8 Å². The average molecular weight is 528 g/mol. The summed E-state index contributed by atoms with van der Waals surface area (Å²) >= 11 is 1.57. The van der Waals surface area contributed by atoms with Crippen LogP contribution in [-0.4, -0.2) is 57.6 Å². The third-order valence-electron chi connectivity index (χ3n) is 5.82. The number of amides is 3. The van der Waals surface area contributed by atoms with Gasteiger partial charge in [0.2, 0.25) is 11.8 Å². The molecule has 3 rings (SSSR count). The van der Waals surface area contributed by atoms with Crippen LogP contribution in [0.2, 0.25) is 0 Å². The van der Waals surface area contributed by atoms with Crippen LogP contribution in [0.15, 0.2) is 54.6 Å². The first-order valence-electron chi connectivity index (χ1n) is 12.5. The van der Waals surface area contributed by atoms with E-state index < -0.39 is 23.8 Å². The lowest BCUT2D eigenvalue weighted by molar-refractivity contribution is -0.143. The Balaban J connectivity index is 1.91. The minimum Gasteiger partial charge on any atom is -0.508 e. The zero-order valence-corrected chi connectivity index (χ0v) is 22.7. The first-order chi connectivity index (χ1) is 17.6. The molecule has 3 amide bonds. The van der Waals surface area contributed by atoms with E-state index in [1.54, 1.807) is 49.6 Å². The van der Waals surface area contributed by atoms with Gasteiger partial charge in [0, 0.05) is 12.6 Å². The van der Waals surface area contributed by atoms with Crippen LogP contribution >= 0.6 is 11.8 Å². The Kier molecular flexibility index (Phi) is 9.86. The molecule has 2 aromatic carbocycles. The molecule has 1 aliphatic carbocycles. The molecule has 0 bridgehead atoms. The first-order valence-corrected chi connectivity index (χ1v) is 13.9. The van der Waals surface area contributed by atoms with Gasteiger partial charge in [-0.1, -0.05) is 42.5 Å². The smallest absolute Gasteiger partial charge is 0.408 e. The highest BCUT2D eigenvalue weighted by atomic mass is 32.2. The zero-order chi connectivity index (χ0) is 27.0. The van der Waals surface area contributed by atoms with Gasteiger partial charge in [-0.15, -0.1) is 0 Å². The van der Waals surface area contributed by atoms with Crippen LogP contribution in [0, 0.1) is 0 Å². The molecule has 0 radical (unpaired) electrons. The number of rotatable bonds is 11. The first kappa shape index (κ1) is 28.4. The fraction of sp³-hybridized carbons (Fsp3) is 0.464. The fourth-order valence-corrected chi connectivity index (χ4v) is 4.48. The molecule has 2 atom stereocenters. The SMILES string of the molecule is CSCCC(NC(=O)OC(C)(C)C)C(=O)N(C1CC1)C(C(=O)NCc1ccccc1)c1cccc(O)c1. The maximum atomic E-state index is 14.0. The molecule has 37 heavy (non-hydrogen) atoms. The molecule has 1 aliphatic rings. The number of thioether (sulfide) groups is 1. The van der Waals surface area contributed by atoms with E-state index in [4.69, 9.17) is 4.74 Å². The molecule has 2 aromatic rings. The van der Waals surface area contributed by atoms with E-state index >= 15 is 0 Å². The number of nitrogens with zero attached hydrogens (tertiary/aromatic N) is 1. The van der Waals surface area contributed by atoms with Crippen molar-refractivity contribution in [1.82, 2.24) is 15.5 Å². The fourth-order valence-electron chi connectivity index (χ4n) is 4.01. The Morgan fingerprint density at radius 1 is 1.11 bits per heavy atom. The van der Waals surface area contributed by atoms with Crippen molar-refractivity contribution in [3.8, 4) is 5.75 Å². The minimum absolute atomic E-state index is 0.00682. The van der Waals surface area contributed by atoms with Gasteiger partial charge in [0.15, 0.2) is 0 Å². The second kappa shape index (κ2) is 12.9. The lowest BCUT2D eigenvalue weighted by Crippen LogP contribution is -2.54. The van der Waals surface area contributed by atoms with Gasteiger partial charge in [0.25, 0.3) is 0 Å². The maximum Gasteiger partial charge on any atom is 0.408 e. The lowest BCUT2D eigenvalue weighted by atomic mass is 10.0. The van der Waals surface area contributed by atoms with Crippen LogP contribution in [0.25, 0.3) is 0 Å². The molecule has 0 aliphatic heterocycles. The molecule has 0 spiro atoms. The Hall–Kier alpha value is -3.20. The van der Waals surface area contributed by atoms with E-state index in [0.29, 0.717) is 24.3 Å². The highest BCUT2D eigenvalue weighted by Crippen LogP contribution is 2.36. The Labute approximate surface area is 223 Å². The molecule has 200 valence electrons. The van der Waals surface area contributed by atoms with Crippen molar-refractivity contribution in [2.75, 3.05) is 12.0 Å². The van der Waals surface area contributed by atoms with Crippen LogP contribution in [0.3, 0.4) is 0 Å². The Morgan fingerprint density at radius 2 is 1.81 bits per heavy atom. The number of nitrogens with one attached hydrogen (secondary N) is 2. The van der Waals surface area contributed by atoms with Gasteiger partial charge >= 0.3 is 6.09 Å². The Morgan fingerprint density at radius 3 is 2.41 bits per heavy atom. The largest absolute Gasteiger partial charge is 0.508 e. The van der Waals surface area contributed by atoms with E-state index in [1.165, 1.54) is 12.1 Å². The molecule has 0 saturated heterocycles. The third-order valence-corrected chi connectivity index (χ3v) is 6.46. The lowest BCUT2D eigenvalue weighted by Gasteiger charge is -2.34. The third kappa shape index (κ3) is 8.70. The number of aromatic hydroxyl groups is 1. The van der Waals surface area contributed by atoms with Gasteiger partial charge in [-0.3, -0.25) is 9.59 Å². The van der Waals surface area contributed by atoms with Gasteiger partial charge in [0.1, 0.15) is 23.4 Å². The molecule has 9 heteroatoms. The van der Waals surface area contributed by atoms with Crippen molar-refractivity contribution in [3.05, 3.63) is 65.7 Å². The molecule has 1 fully saturated rings. The van der Waals surface area contributed by atoms with Gasteiger partial charge in [0.05, 0.1) is 0 Å². The van der Waals surface area contributed by atoms with Crippen molar-refractivity contribution in [2.45, 2.75) is 70.3 Å². The van der Waals surface area contributed by atoms with Gasteiger partial charge in [-0.25, -0.2) is 4.79 Å². The standard InChI is InChI=1S/C28H37N3O5S/c1-28(2,3)36-27(35)30-23(15-16-37-4)26(34)31(21-13-14-21)24(20-11-8-12-22(32)17-20)25(33)29-18-19-9-6-5-7-10-19/h5-12,17,21,23-24,32H,13-16,18H2,1-4H3,(H,29,33)(H,30,35). The van der Waals surface area contributed by atoms with Crippen LogP contribution in [0.4, 0.5) is 4.79 Å². The molecular formula is C28H37N3O5S. The van der Waals surface area contributed by atoms with Crippen molar-refractivity contribution in [3.63, 3.8) is 0 Å². The second-order valence-corrected chi connectivity index (χ2v) is 11.1. The summed E-state index contributed by atoms with van der Waals surface area (Å²) in [5, 5.41) is 15.9. The van der Waals surface area contributed by atoms with E-state index in [0.717, 1.165) is 18.4 Å². The molecular weight excluding hydrogens is 490 g/mol. The number of carbonyl (C=O) groups is 3. The summed E-state index contributed by atoms with van der Waals surface area (Å²) in [6.07, 6.45) is 3.16. The van der Waals surface area contributed by atoms with Gasteiger partial charge in [-0.05, 0) is 75.3 Å². The number of ether oxygens (including phenoxy) is 1.